The molecule has 0 aromatic carbocycles. The second kappa shape index (κ2) is 7.20. The van der Waals surface area contributed by atoms with Crippen molar-refractivity contribution in [1.29, 1.82) is 0 Å². The normalized spacial score (nSPS) is 29.4. The zero-order chi connectivity index (χ0) is 8.39. The van der Waals surface area contributed by atoms with Crippen LogP contribution in [-0.4, -0.2) is 36.2 Å². The molecule has 2 aliphatic rings. The largest absolute Gasteiger partial charge is 0.242 e. The Morgan fingerprint density at radius 1 is 0.857 bits per heavy atom. The van der Waals surface area contributed by atoms with E-state index in [1.54, 1.807) is 0 Å². The average Bonchev–Trinajstić information content (AvgIpc) is 2.56. The Morgan fingerprint density at radius 3 is 2.00 bits per heavy atom. The van der Waals surface area contributed by atoms with E-state index in [-0.39, 0.29) is 34.0 Å². The van der Waals surface area contributed by atoms with Gasteiger partial charge in [0.2, 0.25) is 0 Å². The maximum absolute atomic E-state index is 2.58. The second-order valence-corrected chi connectivity index (χ2v) is 4.32. The van der Waals surface area contributed by atoms with E-state index in [9.17, 15) is 0 Å². The summed E-state index contributed by atoms with van der Waals surface area (Å²) >= 11 is 0. The van der Waals surface area contributed by atoms with E-state index in [2.05, 4.69) is 16.9 Å². The van der Waals surface area contributed by atoms with Gasteiger partial charge in [0.05, 0.1) is 0 Å². The molecule has 0 spiro atoms. The Morgan fingerprint density at radius 2 is 1.43 bits per heavy atom. The summed E-state index contributed by atoms with van der Waals surface area (Å²) < 4.78 is 0. The Labute approximate surface area is 109 Å². The van der Waals surface area contributed by atoms with Gasteiger partial charge < -0.3 is 0 Å². The predicted octanol–water partition coefficient (Wildman–Crippen LogP) is 2.88. The summed E-state index contributed by atoms with van der Waals surface area (Å²) in [7, 11) is 0. The summed E-state index contributed by atoms with van der Waals surface area (Å²) in [6.45, 7) is 7.62. The molecule has 0 aromatic rings. The molecule has 1 atom stereocenters. The van der Waals surface area contributed by atoms with Gasteiger partial charge in [-0.2, -0.15) is 0 Å². The lowest BCUT2D eigenvalue weighted by molar-refractivity contribution is -0.0339. The lowest BCUT2D eigenvalue weighted by Gasteiger charge is -2.37. The molecule has 0 aliphatic carbocycles. The van der Waals surface area contributed by atoms with Gasteiger partial charge in [0, 0.05) is 26.2 Å². The van der Waals surface area contributed by atoms with Crippen LogP contribution in [0.3, 0.4) is 0 Å². The number of hydrogen-bond acceptors (Lipinski definition) is 2. The molecule has 2 heterocycles. The van der Waals surface area contributed by atoms with Crippen molar-refractivity contribution in [2.24, 2.45) is 5.92 Å². The molecule has 0 amide bonds. The van der Waals surface area contributed by atoms with Gasteiger partial charge in [-0.1, -0.05) is 6.92 Å². The highest BCUT2D eigenvalue weighted by atomic mass is 79.9. The fraction of sp³-hybridized carbons (Fsp3) is 1.00. The van der Waals surface area contributed by atoms with Gasteiger partial charge in [-0.15, -0.1) is 34.0 Å². The van der Waals surface area contributed by atoms with Crippen LogP contribution in [0.15, 0.2) is 0 Å². The molecular weight excluding hydrogens is 308 g/mol. The summed E-state index contributed by atoms with van der Waals surface area (Å²) in [5.74, 6) is 0.916. The third kappa shape index (κ3) is 3.80. The quantitative estimate of drug-likeness (QED) is 0.730. The lowest BCUT2D eigenvalue weighted by Crippen LogP contribution is -2.46. The molecule has 2 nitrogen and oxygen atoms in total. The van der Waals surface area contributed by atoms with Crippen molar-refractivity contribution in [2.45, 2.75) is 32.6 Å². The van der Waals surface area contributed by atoms with Crippen molar-refractivity contribution in [2.75, 3.05) is 26.2 Å². The summed E-state index contributed by atoms with van der Waals surface area (Å²) in [6.07, 6.45) is 5.65. The fourth-order valence-electron chi connectivity index (χ4n) is 2.40. The number of halogens is 2. The van der Waals surface area contributed by atoms with Gasteiger partial charge in [0.15, 0.2) is 0 Å². The Kier molecular flexibility index (Phi) is 7.66. The van der Waals surface area contributed by atoms with Gasteiger partial charge in [0.1, 0.15) is 0 Å². The second-order valence-electron chi connectivity index (χ2n) is 4.32. The molecule has 2 saturated heterocycles. The van der Waals surface area contributed by atoms with Crippen LogP contribution in [0.1, 0.15) is 32.6 Å². The molecule has 0 bridgehead atoms. The van der Waals surface area contributed by atoms with Crippen molar-refractivity contribution >= 4 is 34.0 Å². The molecule has 0 aromatic heterocycles. The van der Waals surface area contributed by atoms with E-state index in [0.29, 0.717) is 0 Å². The minimum Gasteiger partial charge on any atom is -0.242 e. The van der Waals surface area contributed by atoms with Crippen LogP contribution in [-0.2, 0) is 0 Å². The Balaban J connectivity index is 0.000000845. The van der Waals surface area contributed by atoms with Gasteiger partial charge in [-0.05, 0) is 31.6 Å². The van der Waals surface area contributed by atoms with Crippen molar-refractivity contribution in [3.63, 3.8) is 0 Å². The van der Waals surface area contributed by atoms with Crippen LogP contribution in [0, 0.1) is 5.92 Å². The first-order chi connectivity index (χ1) is 5.86. The smallest absolute Gasteiger partial charge is 0.0159 e. The Bertz CT molecular complexity index is 149. The minimum atomic E-state index is 0. The van der Waals surface area contributed by atoms with Gasteiger partial charge in [-0.25, -0.2) is 10.0 Å². The molecule has 2 aliphatic heterocycles. The lowest BCUT2D eigenvalue weighted by atomic mass is 10.0. The zero-order valence-electron chi connectivity index (χ0n) is 8.95. The van der Waals surface area contributed by atoms with Gasteiger partial charge in [-0.3, -0.25) is 0 Å². The van der Waals surface area contributed by atoms with Gasteiger partial charge >= 0.3 is 0 Å². The SMILES string of the molecule is Br.Br.CC1CCCN(N2CCCC2)C1. The third-order valence-electron chi connectivity index (χ3n) is 3.12. The fourth-order valence-corrected chi connectivity index (χ4v) is 2.40. The van der Waals surface area contributed by atoms with Crippen molar-refractivity contribution < 1.29 is 0 Å². The van der Waals surface area contributed by atoms with E-state index in [4.69, 9.17) is 0 Å². The average molecular weight is 330 g/mol. The maximum atomic E-state index is 2.58. The first-order valence-electron chi connectivity index (χ1n) is 5.36. The highest BCUT2D eigenvalue weighted by molar-refractivity contribution is 8.93. The molecule has 86 valence electrons. The van der Waals surface area contributed by atoms with Crippen molar-refractivity contribution in [3.8, 4) is 0 Å². The van der Waals surface area contributed by atoms with E-state index < -0.39 is 0 Å². The summed E-state index contributed by atoms with van der Waals surface area (Å²) in [6, 6.07) is 0. The topological polar surface area (TPSA) is 6.48 Å². The number of rotatable bonds is 1. The summed E-state index contributed by atoms with van der Waals surface area (Å²) in [5.41, 5.74) is 0. The van der Waals surface area contributed by atoms with Crippen molar-refractivity contribution in [1.82, 2.24) is 10.0 Å². The summed E-state index contributed by atoms with van der Waals surface area (Å²) in [5, 5.41) is 5.15. The highest BCUT2D eigenvalue weighted by Gasteiger charge is 2.23. The molecule has 1 unspecified atom stereocenters. The minimum absolute atomic E-state index is 0. The molecule has 2 fully saturated rings. The highest BCUT2D eigenvalue weighted by Crippen LogP contribution is 2.20. The van der Waals surface area contributed by atoms with Crippen LogP contribution in [0.25, 0.3) is 0 Å². The molecule has 2 rings (SSSR count). The van der Waals surface area contributed by atoms with Crippen LogP contribution in [0.2, 0.25) is 0 Å². The van der Waals surface area contributed by atoms with Crippen molar-refractivity contribution in [3.05, 3.63) is 0 Å². The van der Waals surface area contributed by atoms with E-state index in [0.717, 1.165) is 5.92 Å². The zero-order valence-corrected chi connectivity index (χ0v) is 12.4. The van der Waals surface area contributed by atoms with E-state index in [1.807, 2.05) is 0 Å². The third-order valence-corrected chi connectivity index (χ3v) is 3.12. The van der Waals surface area contributed by atoms with Crippen LogP contribution in [0.5, 0.6) is 0 Å². The molecular formula is C10H22Br2N2. The Hall–Kier alpha value is 0.880. The molecule has 0 radical (unpaired) electrons. The van der Waals surface area contributed by atoms with Gasteiger partial charge in [0.25, 0.3) is 0 Å². The van der Waals surface area contributed by atoms with Crippen LogP contribution >= 0.6 is 34.0 Å². The molecule has 4 heteroatoms. The standard InChI is InChI=1S/C10H20N2.2BrH/c1-10-5-4-8-12(9-10)11-6-2-3-7-11;;/h10H,2-9H2,1H3;2*1H. The predicted molar refractivity (Wildman–Crippen MR) is 71.4 cm³/mol. The number of hydrazine groups is 1. The molecule has 0 N–H and O–H groups in total. The first-order valence-corrected chi connectivity index (χ1v) is 5.36. The number of piperidine rings is 1. The van der Waals surface area contributed by atoms with Crippen LogP contribution in [0.4, 0.5) is 0 Å². The first kappa shape index (κ1) is 14.9. The molecule has 0 saturated carbocycles. The molecule has 14 heavy (non-hydrogen) atoms. The number of nitrogens with zero attached hydrogens (tertiary/aromatic N) is 2. The summed E-state index contributed by atoms with van der Waals surface area (Å²) in [4.78, 5) is 0. The maximum Gasteiger partial charge on any atom is 0.0159 e. The number of hydrogen-bond donors (Lipinski definition) is 0. The van der Waals surface area contributed by atoms with E-state index >= 15 is 0 Å². The van der Waals surface area contributed by atoms with Crippen LogP contribution < -0.4 is 0 Å². The van der Waals surface area contributed by atoms with E-state index in [1.165, 1.54) is 51.9 Å². The monoisotopic (exact) mass is 328 g/mol.